The van der Waals surface area contributed by atoms with E-state index < -0.39 is 4.87 Å². The largest absolute Gasteiger partial charge is 0.379 e. The van der Waals surface area contributed by atoms with Gasteiger partial charge in [0.2, 0.25) is 5.91 Å². The van der Waals surface area contributed by atoms with Crippen LogP contribution in [-0.2, 0) is 19.2 Å². The van der Waals surface area contributed by atoms with Crippen molar-refractivity contribution in [3.63, 3.8) is 0 Å². The van der Waals surface area contributed by atoms with Crippen LogP contribution in [0.5, 0.6) is 0 Å². The maximum atomic E-state index is 12.3. The molecule has 3 saturated heterocycles. The summed E-state index contributed by atoms with van der Waals surface area (Å²) in [5.41, 5.74) is 2.52. The van der Waals surface area contributed by atoms with Crippen LogP contribution in [0.1, 0.15) is 19.3 Å². The minimum atomic E-state index is -0.726. The lowest BCUT2D eigenvalue weighted by molar-refractivity contribution is -0.147. The molecule has 0 bridgehead atoms. The van der Waals surface area contributed by atoms with E-state index in [1.807, 2.05) is 0 Å². The molecule has 2 unspecified atom stereocenters. The average molecular weight is 272 g/mol. The number of hydrogen-bond acceptors (Lipinski definition) is 5. The monoisotopic (exact) mass is 272 g/mol. The van der Waals surface area contributed by atoms with Crippen molar-refractivity contribution in [2.24, 2.45) is 0 Å². The Balaban J connectivity index is 1.62. The van der Waals surface area contributed by atoms with Gasteiger partial charge < -0.3 is 9.64 Å². The van der Waals surface area contributed by atoms with Gasteiger partial charge in [-0.3, -0.25) is 14.4 Å². The molecule has 3 aliphatic rings. The highest BCUT2D eigenvalue weighted by Gasteiger charge is 2.55. The zero-order valence-electron chi connectivity index (χ0n) is 10.0. The molecule has 2 amide bonds. The Morgan fingerprint density at radius 2 is 2.50 bits per heavy atom. The zero-order valence-corrected chi connectivity index (χ0v) is 10.8. The lowest BCUT2D eigenvalue weighted by Crippen LogP contribution is -2.51. The third kappa shape index (κ3) is 1.90. The van der Waals surface area contributed by atoms with Gasteiger partial charge in [-0.05, 0) is 6.42 Å². The van der Waals surface area contributed by atoms with Gasteiger partial charge in [-0.15, -0.1) is 11.8 Å². The molecule has 0 saturated carbocycles. The van der Waals surface area contributed by atoms with Crippen molar-refractivity contribution in [2.75, 3.05) is 25.5 Å². The summed E-state index contributed by atoms with van der Waals surface area (Å²) in [6.45, 7) is 1.84. The first kappa shape index (κ1) is 12.3. The fraction of sp³-hybridized carbons (Fsp3) is 0.818. The molecule has 0 spiro atoms. The summed E-state index contributed by atoms with van der Waals surface area (Å²) < 4.78 is 5.17. The van der Waals surface area contributed by atoms with Crippen LogP contribution in [0, 0.1) is 0 Å². The second kappa shape index (κ2) is 4.71. The van der Waals surface area contributed by atoms with Crippen molar-refractivity contribution in [2.45, 2.75) is 30.2 Å². The summed E-state index contributed by atoms with van der Waals surface area (Å²) in [5, 5.41) is 0. The van der Waals surface area contributed by atoms with Crippen molar-refractivity contribution < 1.29 is 19.2 Å². The number of thioether (sulfide) groups is 1. The summed E-state index contributed by atoms with van der Waals surface area (Å²) in [4.78, 5) is 30.3. The molecule has 6 nitrogen and oxygen atoms in total. The summed E-state index contributed by atoms with van der Waals surface area (Å²) in [6, 6.07) is 0. The van der Waals surface area contributed by atoms with Crippen molar-refractivity contribution in [1.82, 2.24) is 10.4 Å². The lowest BCUT2D eigenvalue weighted by Gasteiger charge is -2.29. The maximum Gasteiger partial charge on any atom is 0.280 e. The van der Waals surface area contributed by atoms with Gasteiger partial charge in [0, 0.05) is 31.7 Å². The highest BCUT2D eigenvalue weighted by atomic mass is 32.2. The molecule has 0 aromatic carbocycles. The van der Waals surface area contributed by atoms with Crippen LogP contribution in [0.3, 0.4) is 0 Å². The van der Waals surface area contributed by atoms with E-state index >= 15 is 0 Å². The van der Waals surface area contributed by atoms with Gasteiger partial charge in [0.05, 0.1) is 6.61 Å². The van der Waals surface area contributed by atoms with Crippen LogP contribution >= 0.6 is 11.8 Å². The molecule has 0 aliphatic carbocycles. The normalized spacial score (nSPS) is 35.0. The summed E-state index contributed by atoms with van der Waals surface area (Å²) >= 11 is 1.54. The van der Waals surface area contributed by atoms with Gasteiger partial charge >= 0.3 is 0 Å². The van der Waals surface area contributed by atoms with E-state index in [9.17, 15) is 9.59 Å². The summed E-state index contributed by atoms with van der Waals surface area (Å²) in [7, 11) is 0. The maximum absolute atomic E-state index is 12.3. The molecule has 0 aromatic rings. The molecular weight excluding hydrogens is 256 g/mol. The van der Waals surface area contributed by atoms with E-state index in [4.69, 9.17) is 9.57 Å². The van der Waals surface area contributed by atoms with Crippen LogP contribution in [0.15, 0.2) is 0 Å². The molecule has 7 heteroatoms. The number of nitrogens with zero attached hydrogens (tertiary/aromatic N) is 1. The Hall–Kier alpha value is -0.790. The number of fused-ring (bicyclic) bond motifs is 1. The fourth-order valence-electron chi connectivity index (χ4n) is 2.63. The third-order valence-corrected chi connectivity index (χ3v) is 5.11. The zero-order chi connectivity index (χ0) is 12.6. The number of hydrogen-bond donors (Lipinski definition) is 1. The molecule has 3 rings (SSSR count). The molecule has 2 atom stereocenters. The topological polar surface area (TPSA) is 67.9 Å². The highest BCUT2D eigenvalue weighted by Crippen LogP contribution is 2.44. The van der Waals surface area contributed by atoms with Gasteiger partial charge in [-0.2, -0.15) is 0 Å². The first-order chi connectivity index (χ1) is 8.72. The number of ether oxygens (including phenoxy) is 1. The molecule has 100 valence electrons. The Morgan fingerprint density at radius 3 is 3.28 bits per heavy atom. The molecule has 1 N–H and O–H groups in total. The molecule has 18 heavy (non-hydrogen) atoms. The van der Waals surface area contributed by atoms with Crippen LogP contribution in [0.2, 0.25) is 0 Å². The molecule has 3 heterocycles. The second-order valence-corrected chi connectivity index (χ2v) is 6.09. The van der Waals surface area contributed by atoms with Crippen LogP contribution in [-0.4, -0.2) is 53.2 Å². The summed E-state index contributed by atoms with van der Waals surface area (Å²) in [6.07, 6.45) is 1.76. The van der Waals surface area contributed by atoms with E-state index in [2.05, 4.69) is 5.48 Å². The van der Waals surface area contributed by atoms with E-state index in [0.29, 0.717) is 32.6 Å². The number of hydroxylamine groups is 1. The molecule has 0 radical (unpaired) electrons. The van der Waals surface area contributed by atoms with E-state index in [0.717, 1.165) is 12.2 Å². The Kier molecular flexibility index (Phi) is 3.21. The number of carbonyl (C=O) groups excluding carboxylic acids is 2. The lowest BCUT2D eigenvalue weighted by atomic mass is 10.2. The fourth-order valence-corrected chi connectivity index (χ4v) is 4.01. The minimum Gasteiger partial charge on any atom is -0.379 e. The third-order valence-electron chi connectivity index (χ3n) is 3.63. The number of carbonyl (C=O) groups is 2. The van der Waals surface area contributed by atoms with Crippen LogP contribution in [0.25, 0.3) is 0 Å². The van der Waals surface area contributed by atoms with Crippen molar-refractivity contribution in [3.05, 3.63) is 0 Å². The van der Waals surface area contributed by atoms with Gasteiger partial charge in [-0.25, -0.2) is 5.48 Å². The van der Waals surface area contributed by atoms with Gasteiger partial charge in [0.25, 0.3) is 5.91 Å². The first-order valence-corrected chi connectivity index (χ1v) is 7.19. The first-order valence-electron chi connectivity index (χ1n) is 6.21. The average Bonchev–Trinajstić information content (AvgIpc) is 3.05. The molecule has 0 aromatic heterocycles. The molecule has 3 aliphatic heterocycles. The number of rotatable bonds is 3. The Morgan fingerprint density at radius 1 is 1.61 bits per heavy atom. The SMILES string of the molecule is O=C1CCC2(C(=O)NOC3CCOC3)SCCN12. The number of amides is 2. The Bertz CT molecular complexity index is 372. The standard InChI is InChI=1S/C11H16N2O4S/c14-9-1-3-11(13(9)4-6-18-11)10(15)12-17-8-2-5-16-7-8/h8H,1-7H2,(H,12,15). The van der Waals surface area contributed by atoms with Gasteiger partial charge in [0.1, 0.15) is 6.10 Å². The van der Waals surface area contributed by atoms with E-state index in [-0.39, 0.29) is 17.9 Å². The predicted molar refractivity (Wildman–Crippen MR) is 64.6 cm³/mol. The highest BCUT2D eigenvalue weighted by molar-refractivity contribution is 8.01. The predicted octanol–water partition coefficient (Wildman–Crippen LogP) is -0.111. The number of nitrogens with one attached hydrogen (secondary N) is 1. The van der Waals surface area contributed by atoms with Crippen LogP contribution in [0.4, 0.5) is 0 Å². The second-order valence-electron chi connectivity index (χ2n) is 4.71. The smallest absolute Gasteiger partial charge is 0.280 e. The van der Waals surface area contributed by atoms with Crippen LogP contribution < -0.4 is 5.48 Å². The van der Waals surface area contributed by atoms with E-state index in [1.54, 1.807) is 4.90 Å². The van der Waals surface area contributed by atoms with Crippen molar-refractivity contribution >= 4 is 23.6 Å². The summed E-state index contributed by atoms with van der Waals surface area (Å²) in [5.74, 6) is 0.674. The molecule has 3 fully saturated rings. The van der Waals surface area contributed by atoms with Gasteiger partial charge in [0.15, 0.2) is 4.87 Å². The van der Waals surface area contributed by atoms with Crippen molar-refractivity contribution in [1.29, 1.82) is 0 Å². The minimum absolute atomic E-state index is 0.0673. The van der Waals surface area contributed by atoms with E-state index in [1.165, 1.54) is 11.8 Å². The van der Waals surface area contributed by atoms with Crippen molar-refractivity contribution in [3.8, 4) is 0 Å². The van der Waals surface area contributed by atoms with Gasteiger partial charge in [-0.1, -0.05) is 0 Å². The Labute approximate surface area is 109 Å². The molecular formula is C11H16N2O4S. The quantitative estimate of drug-likeness (QED) is 0.726.